The first-order valence-corrected chi connectivity index (χ1v) is 7.17. The van der Waals surface area contributed by atoms with E-state index >= 15 is 0 Å². The Labute approximate surface area is 124 Å². The molecule has 1 aromatic rings. The Kier molecular flexibility index (Phi) is 4.55. The van der Waals surface area contributed by atoms with Crippen LogP contribution >= 0.6 is 0 Å². The van der Waals surface area contributed by atoms with Crippen molar-refractivity contribution in [2.75, 3.05) is 13.1 Å². The number of ether oxygens (including phenoxy) is 1. The predicted molar refractivity (Wildman–Crippen MR) is 77.0 cm³/mol. The van der Waals surface area contributed by atoms with E-state index in [0.717, 1.165) is 0 Å². The minimum absolute atomic E-state index is 0.0421. The number of hydrogen-bond acceptors (Lipinski definition) is 4. The summed E-state index contributed by atoms with van der Waals surface area (Å²) in [4.78, 5) is 25.5. The molecule has 0 unspecified atom stereocenters. The molecule has 0 aliphatic carbocycles. The minimum atomic E-state index is -0.500. The van der Waals surface area contributed by atoms with Crippen molar-refractivity contribution in [3.05, 3.63) is 24.2 Å². The average Bonchev–Trinajstić information content (AvgIpc) is 2.90. The van der Waals surface area contributed by atoms with Crippen LogP contribution in [0.25, 0.3) is 0 Å². The lowest BCUT2D eigenvalue weighted by Gasteiger charge is -2.32. The number of nitrogens with zero attached hydrogens (tertiary/aromatic N) is 1. The van der Waals surface area contributed by atoms with Gasteiger partial charge in [0.1, 0.15) is 5.60 Å². The second kappa shape index (κ2) is 6.20. The molecule has 0 aromatic carbocycles. The molecule has 116 valence electrons. The Balaban J connectivity index is 1.78. The van der Waals surface area contributed by atoms with Crippen LogP contribution in [0, 0.1) is 0 Å². The number of furan rings is 1. The molecule has 1 N–H and O–H groups in total. The second-order valence-electron chi connectivity index (χ2n) is 6.19. The highest BCUT2D eigenvalue weighted by molar-refractivity contribution is 5.91. The smallest absolute Gasteiger partial charge is 0.407 e. The first kappa shape index (κ1) is 15.4. The van der Waals surface area contributed by atoms with Gasteiger partial charge in [0.25, 0.3) is 5.91 Å². The summed E-state index contributed by atoms with van der Waals surface area (Å²) in [5.74, 6) is 0.254. The summed E-state index contributed by atoms with van der Waals surface area (Å²) in [5, 5.41) is 2.85. The van der Waals surface area contributed by atoms with Crippen LogP contribution in [0.15, 0.2) is 22.8 Å². The molecular formula is C15H22N2O4. The van der Waals surface area contributed by atoms with E-state index in [1.807, 2.05) is 20.8 Å². The number of carbonyl (C=O) groups excluding carboxylic acids is 2. The number of likely N-dealkylation sites (tertiary alicyclic amines) is 1. The summed E-state index contributed by atoms with van der Waals surface area (Å²) in [6, 6.07) is 3.40. The molecular weight excluding hydrogens is 272 g/mol. The van der Waals surface area contributed by atoms with Crippen molar-refractivity contribution in [1.82, 2.24) is 10.2 Å². The van der Waals surface area contributed by atoms with Crippen molar-refractivity contribution < 1.29 is 18.7 Å². The molecule has 1 aliphatic heterocycles. The van der Waals surface area contributed by atoms with Crippen molar-refractivity contribution >= 4 is 12.0 Å². The second-order valence-corrected chi connectivity index (χ2v) is 6.19. The van der Waals surface area contributed by atoms with Crippen LogP contribution in [0.1, 0.15) is 44.2 Å². The topological polar surface area (TPSA) is 71.8 Å². The molecule has 0 atom stereocenters. The largest absolute Gasteiger partial charge is 0.459 e. The fraction of sp³-hybridized carbons (Fsp3) is 0.600. The number of alkyl carbamates (subject to hydrolysis) is 1. The van der Waals surface area contributed by atoms with Gasteiger partial charge in [0.05, 0.1) is 6.26 Å². The maximum Gasteiger partial charge on any atom is 0.407 e. The molecule has 1 aromatic heterocycles. The maximum atomic E-state index is 12.1. The maximum absolute atomic E-state index is 12.1. The molecule has 6 heteroatoms. The van der Waals surface area contributed by atoms with Crippen LogP contribution in [0.4, 0.5) is 4.79 Å². The van der Waals surface area contributed by atoms with Gasteiger partial charge in [0.15, 0.2) is 5.76 Å². The van der Waals surface area contributed by atoms with Crippen LogP contribution in [0.2, 0.25) is 0 Å². The van der Waals surface area contributed by atoms with Crippen LogP contribution in [0.5, 0.6) is 0 Å². The van der Waals surface area contributed by atoms with Crippen LogP contribution in [-0.2, 0) is 4.74 Å². The zero-order chi connectivity index (χ0) is 15.5. The molecule has 2 heterocycles. The Morgan fingerprint density at radius 1 is 1.33 bits per heavy atom. The lowest BCUT2D eigenvalue weighted by molar-refractivity contribution is 0.0470. The van der Waals surface area contributed by atoms with Gasteiger partial charge in [-0.05, 0) is 45.7 Å². The van der Waals surface area contributed by atoms with E-state index in [-0.39, 0.29) is 11.9 Å². The van der Waals surface area contributed by atoms with Gasteiger partial charge in [0, 0.05) is 19.1 Å². The predicted octanol–water partition coefficient (Wildman–Crippen LogP) is 2.41. The average molecular weight is 294 g/mol. The third-order valence-electron chi connectivity index (χ3n) is 3.23. The zero-order valence-corrected chi connectivity index (χ0v) is 12.7. The summed E-state index contributed by atoms with van der Waals surface area (Å²) < 4.78 is 10.3. The van der Waals surface area contributed by atoms with Crippen molar-refractivity contribution in [3.63, 3.8) is 0 Å². The number of carbonyl (C=O) groups is 2. The molecule has 1 fully saturated rings. The van der Waals surface area contributed by atoms with Gasteiger partial charge >= 0.3 is 6.09 Å². The van der Waals surface area contributed by atoms with Gasteiger partial charge in [-0.2, -0.15) is 0 Å². The first-order valence-electron chi connectivity index (χ1n) is 7.17. The highest BCUT2D eigenvalue weighted by Crippen LogP contribution is 2.15. The Morgan fingerprint density at radius 3 is 2.52 bits per heavy atom. The molecule has 0 bridgehead atoms. The zero-order valence-electron chi connectivity index (χ0n) is 12.7. The van der Waals surface area contributed by atoms with Gasteiger partial charge in [-0.15, -0.1) is 0 Å². The van der Waals surface area contributed by atoms with Crippen molar-refractivity contribution in [3.8, 4) is 0 Å². The molecule has 6 nitrogen and oxygen atoms in total. The van der Waals surface area contributed by atoms with Crippen molar-refractivity contribution in [2.45, 2.75) is 45.3 Å². The monoisotopic (exact) mass is 294 g/mol. The van der Waals surface area contributed by atoms with Crippen molar-refractivity contribution in [2.24, 2.45) is 0 Å². The van der Waals surface area contributed by atoms with E-state index in [9.17, 15) is 9.59 Å². The number of rotatable bonds is 2. The molecule has 2 amide bonds. The Morgan fingerprint density at radius 2 is 2.00 bits per heavy atom. The fourth-order valence-electron chi connectivity index (χ4n) is 2.26. The van der Waals surface area contributed by atoms with E-state index in [2.05, 4.69) is 5.32 Å². The number of piperidine rings is 1. The van der Waals surface area contributed by atoms with E-state index in [0.29, 0.717) is 31.7 Å². The quantitative estimate of drug-likeness (QED) is 0.909. The fourth-order valence-corrected chi connectivity index (χ4v) is 2.26. The Hall–Kier alpha value is -1.98. The summed E-state index contributed by atoms with van der Waals surface area (Å²) >= 11 is 0. The highest BCUT2D eigenvalue weighted by Gasteiger charge is 2.27. The summed E-state index contributed by atoms with van der Waals surface area (Å²) in [6.45, 7) is 6.69. The first-order chi connectivity index (χ1) is 9.85. The molecule has 1 saturated heterocycles. The molecule has 0 radical (unpaired) electrons. The number of hydrogen-bond donors (Lipinski definition) is 1. The molecule has 0 saturated carbocycles. The van der Waals surface area contributed by atoms with Gasteiger partial charge in [-0.25, -0.2) is 4.79 Å². The van der Waals surface area contributed by atoms with Gasteiger partial charge < -0.3 is 19.4 Å². The number of amides is 2. The molecule has 21 heavy (non-hydrogen) atoms. The van der Waals surface area contributed by atoms with Gasteiger partial charge in [-0.1, -0.05) is 0 Å². The van der Waals surface area contributed by atoms with E-state index in [1.54, 1.807) is 17.0 Å². The SMILES string of the molecule is CC(C)(C)OC(=O)NC1CCN(C(=O)c2ccco2)CC1. The van der Waals surface area contributed by atoms with Crippen LogP contribution in [0.3, 0.4) is 0 Å². The normalized spacial score (nSPS) is 16.6. The third-order valence-corrected chi connectivity index (χ3v) is 3.23. The van der Waals surface area contributed by atoms with Crippen molar-refractivity contribution in [1.29, 1.82) is 0 Å². The third kappa shape index (κ3) is 4.51. The number of nitrogens with one attached hydrogen (secondary N) is 1. The minimum Gasteiger partial charge on any atom is -0.459 e. The van der Waals surface area contributed by atoms with E-state index in [1.165, 1.54) is 6.26 Å². The van der Waals surface area contributed by atoms with Gasteiger partial charge in [-0.3, -0.25) is 4.79 Å². The van der Waals surface area contributed by atoms with Crippen LogP contribution < -0.4 is 5.32 Å². The lowest BCUT2D eigenvalue weighted by Crippen LogP contribution is -2.47. The van der Waals surface area contributed by atoms with Crippen LogP contribution in [-0.4, -0.2) is 41.6 Å². The summed E-state index contributed by atoms with van der Waals surface area (Å²) in [6.07, 6.45) is 2.51. The van der Waals surface area contributed by atoms with Gasteiger partial charge in [0.2, 0.25) is 0 Å². The molecule has 1 aliphatic rings. The summed E-state index contributed by atoms with van der Waals surface area (Å²) in [5.41, 5.74) is -0.500. The Bertz CT molecular complexity index is 482. The standard InChI is InChI=1S/C15H22N2O4/c1-15(2,3)21-14(19)16-11-6-8-17(9-7-11)13(18)12-5-4-10-20-12/h4-5,10-11H,6-9H2,1-3H3,(H,16,19). The molecule has 2 rings (SSSR count). The highest BCUT2D eigenvalue weighted by atomic mass is 16.6. The lowest BCUT2D eigenvalue weighted by atomic mass is 10.1. The molecule has 0 spiro atoms. The van der Waals surface area contributed by atoms with E-state index < -0.39 is 11.7 Å². The summed E-state index contributed by atoms with van der Waals surface area (Å²) in [7, 11) is 0. The van der Waals surface area contributed by atoms with E-state index in [4.69, 9.17) is 9.15 Å².